The van der Waals surface area contributed by atoms with Crippen LogP contribution in [0, 0.1) is 0 Å². The van der Waals surface area contributed by atoms with Gasteiger partial charge in [-0.2, -0.15) is 0 Å². The van der Waals surface area contributed by atoms with E-state index < -0.39 is 5.69 Å². The van der Waals surface area contributed by atoms with E-state index >= 15 is 0 Å². The highest BCUT2D eigenvalue weighted by Gasteiger charge is 2.25. The third-order valence-electron chi connectivity index (χ3n) is 2.98. The molecule has 0 fully saturated rings. The van der Waals surface area contributed by atoms with Crippen molar-refractivity contribution >= 4 is 0 Å². The lowest BCUT2D eigenvalue weighted by atomic mass is 10.2. The number of aromatic amines is 1. The van der Waals surface area contributed by atoms with Gasteiger partial charge in [-0.25, -0.2) is 9.36 Å². The molecule has 18 heavy (non-hydrogen) atoms. The predicted octanol–water partition coefficient (Wildman–Crippen LogP) is 0.849. The summed E-state index contributed by atoms with van der Waals surface area (Å²) >= 11 is 0. The topological polar surface area (TPSA) is 64.1 Å². The second-order valence-electron chi connectivity index (χ2n) is 4.35. The van der Waals surface area contributed by atoms with Crippen molar-refractivity contribution in [1.82, 2.24) is 9.55 Å². The van der Waals surface area contributed by atoms with Gasteiger partial charge in [0.25, 0.3) is 5.56 Å². The number of rotatable bonds is 1. The number of hydrogen-bond acceptors (Lipinski definition) is 3. The van der Waals surface area contributed by atoms with Gasteiger partial charge in [-0.05, 0) is 19.1 Å². The molecule has 2 aromatic rings. The molecule has 0 unspecified atom stereocenters. The molecular formula is C13H12N2O3. The molecule has 1 aromatic heterocycles. The van der Waals surface area contributed by atoms with E-state index in [1.807, 2.05) is 13.0 Å². The average Bonchev–Trinajstić information content (AvgIpc) is 2.71. The molecule has 0 spiro atoms. The van der Waals surface area contributed by atoms with Crippen LogP contribution in [0.1, 0.15) is 12.5 Å². The van der Waals surface area contributed by atoms with Gasteiger partial charge >= 0.3 is 5.69 Å². The first kappa shape index (κ1) is 10.8. The molecule has 5 heteroatoms. The summed E-state index contributed by atoms with van der Waals surface area (Å²) in [7, 11) is 0. The third-order valence-corrected chi connectivity index (χ3v) is 2.98. The van der Waals surface area contributed by atoms with E-state index in [1.54, 1.807) is 24.3 Å². The van der Waals surface area contributed by atoms with E-state index in [0.29, 0.717) is 23.6 Å². The molecule has 0 aliphatic carbocycles. The monoisotopic (exact) mass is 244 g/mol. The van der Waals surface area contributed by atoms with Gasteiger partial charge in [-0.3, -0.25) is 9.78 Å². The van der Waals surface area contributed by atoms with Gasteiger partial charge in [0.2, 0.25) is 5.88 Å². The van der Waals surface area contributed by atoms with Gasteiger partial charge in [-0.1, -0.05) is 18.2 Å². The summed E-state index contributed by atoms with van der Waals surface area (Å²) in [6, 6.07) is 8.85. The highest BCUT2D eigenvalue weighted by atomic mass is 16.5. The Hall–Kier alpha value is -2.30. The molecule has 92 valence electrons. The fraction of sp³-hybridized carbons (Fsp3) is 0.231. The van der Waals surface area contributed by atoms with Crippen molar-refractivity contribution in [3.63, 3.8) is 0 Å². The zero-order valence-electron chi connectivity index (χ0n) is 9.84. The van der Waals surface area contributed by atoms with Crippen molar-refractivity contribution in [2.24, 2.45) is 0 Å². The molecule has 0 saturated carbocycles. The van der Waals surface area contributed by atoms with Crippen molar-refractivity contribution in [2.45, 2.75) is 19.4 Å². The number of nitrogens with zero attached hydrogens (tertiary/aromatic N) is 1. The van der Waals surface area contributed by atoms with E-state index in [9.17, 15) is 9.59 Å². The first-order chi connectivity index (χ1) is 8.66. The zero-order valence-corrected chi connectivity index (χ0v) is 9.84. The first-order valence-electron chi connectivity index (χ1n) is 5.77. The summed E-state index contributed by atoms with van der Waals surface area (Å²) in [5, 5.41) is 0. The Kier molecular flexibility index (Phi) is 2.33. The van der Waals surface area contributed by atoms with Crippen LogP contribution in [-0.2, 0) is 6.42 Å². The van der Waals surface area contributed by atoms with Crippen molar-refractivity contribution in [3.8, 4) is 11.6 Å². The highest BCUT2D eigenvalue weighted by molar-refractivity contribution is 5.35. The lowest BCUT2D eigenvalue weighted by Crippen LogP contribution is -2.35. The second kappa shape index (κ2) is 3.87. The average molecular weight is 244 g/mol. The van der Waals surface area contributed by atoms with Gasteiger partial charge in [0, 0.05) is 6.42 Å². The van der Waals surface area contributed by atoms with Crippen molar-refractivity contribution in [1.29, 1.82) is 0 Å². The van der Waals surface area contributed by atoms with Crippen LogP contribution < -0.4 is 16.0 Å². The number of H-pyrrole nitrogens is 1. The molecule has 1 atom stereocenters. The number of nitrogens with one attached hydrogen (secondary N) is 1. The Balaban J connectivity index is 2.28. The second-order valence-corrected chi connectivity index (χ2v) is 4.35. The zero-order chi connectivity index (χ0) is 12.7. The summed E-state index contributed by atoms with van der Waals surface area (Å²) in [5.74, 6) is 0.310. The molecule has 0 radical (unpaired) electrons. The fourth-order valence-corrected chi connectivity index (χ4v) is 2.18. The number of hydrogen-bond donors (Lipinski definition) is 1. The SMILES string of the molecule is C[C@H]1Cc2c([nH]c(=O)n(-c3ccccc3)c2=O)O1. The molecule has 5 nitrogen and oxygen atoms in total. The smallest absolute Gasteiger partial charge is 0.335 e. The Morgan fingerprint density at radius 2 is 2.00 bits per heavy atom. The molecule has 1 aromatic carbocycles. The normalized spacial score (nSPS) is 17.3. The molecule has 0 amide bonds. The highest BCUT2D eigenvalue weighted by Crippen LogP contribution is 2.21. The standard InChI is InChI=1S/C13H12N2O3/c1-8-7-10-11(18-8)14-13(17)15(12(10)16)9-5-3-2-4-6-9/h2-6,8H,7H2,1H3,(H,14,17)/t8-/m0/s1. The van der Waals surface area contributed by atoms with Crippen molar-refractivity contribution in [2.75, 3.05) is 0 Å². The fourth-order valence-electron chi connectivity index (χ4n) is 2.18. The maximum Gasteiger partial charge on any atom is 0.335 e. The molecule has 2 heterocycles. The van der Waals surface area contributed by atoms with E-state index in [1.165, 1.54) is 0 Å². The largest absolute Gasteiger partial charge is 0.475 e. The Morgan fingerprint density at radius 1 is 1.28 bits per heavy atom. The van der Waals surface area contributed by atoms with Gasteiger partial charge in [0.1, 0.15) is 6.10 Å². The van der Waals surface area contributed by atoms with Crippen LogP contribution in [0.2, 0.25) is 0 Å². The van der Waals surface area contributed by atoms with Crippen LogP contribution in [0.25, 0.3) is 5.69 Å². The maximum atomic E-state index is 12.3. The molecule has 0 saturated heterocycles. The van der Waals surface area contributed by atoms with E-state index in [0.717, 1.165) is 4.57 Å². The lowest BCUT2D eigenvalue weighted by molar-refractivity contribution is 0.245. The minimum absolute atomic E-state index is 0.0741. The van der Waals surface area contributed by atoms with Crippen LogP contribution >= 0.6 is 0 Å². The molecule has 1 N–H and O–H groups in total. The Labute approximate surface area is 103 Å². The number of aromatic nitrogens is 2. The number of benzene rings is 1. The van der Waals surface area contributed by atoms with Gasteiger partial charge in [0.05, 0.1) is 11.3 Å². The van der Waals surface area contributed by atoms with E-state index in [2.05, 4.69) is 4.98 Å². The van der Waals surface area contributed by atoms with Crippen LogP contribution in [0.15, 0.2) is 39.9 Å². The minimum Gasteiger partial charge on any atom is -0.475 e. The Morgan fingerprint density at radius 3 is 2.72 bits per heavy atom. The van der Waals surface area contributed by atoms with Crippen LogP contribution in [0.3, 0.4) is 0 Å². The molecule has 3 rings (SSSR count). The van der Waals surface area contributed by atoms with Crippen LogP contribution in [0.5, 0.6) is 5.88 Å². The van der Waals surface area contributed by atoms with E-state index in [4.69, 9.17) is 4.74 Å². The maximum absolute atomic E-state index is 12.3. The Bertz CT molecular complexity index is 700. The summed E-state index contributed by atoms with van der Waals surface area (Å²) in [6.07, 6.45) is 0.451. The summed E-state index contributed by atoms with van der Waals surface area (Å²) in [6.45, 7) is 1.87. The molecular weight excluding hydrogens is 232 g/mol. The van der Waals surface area contributed by atoms with Gasteiger partial charge in [-0.15, -0.1) is 0 Å². The first-order valence-corrected chi connectivity index (χ1v) is 5.77. The van der Waals surface area contributed by atoms with Crippen LogP contribution in [0.4, 0.5) is 0 Å². The molecule has 0 bridgehead atoms. The molecule has 1 aliphatic heterocycles. The predicted molar refractivity (Wildman–Crippen MR) is 66.5 cm³/mol. The van der Waals surface area contributed by atoms with Gasteiger partial charge in [0.15, 0.2) is 0 Å². The van der Waals surface area contributed by atoms with Gasteiger partial charge < -0.3 is 4.74 Å². The minimum atomic E-state index is -0.473. The third kappa shape index (κ3) is 1.55. The van der Waals surface area contributed by atoms with Crippen LogP contribution in [-0.4, -0.2) is 15.7 Å². The summed E-state index contributed by atoms with van der Waals surface area (Å²) in [4.78, 5) is 26.8. The molecule has 1 aliphatic rings. The van der Waals surface area contributed by atoms with Crippen molar-refractivity contribution in [3.05, 3.63) is 56.7 Å². The number of ether oxygens (including phenoxy) is 1. The number of para-hydroxylation sites is 1. The summed E-state index contributed by atoms with van der Waals surface area (Å²) < 4.78 is 6.53. The quantitative estimate of drug-likeness (QED) is 0.808. The van der Waals surface area contributed by atoms with Crippen molar-refractivity contribution < 1.29 is 4.74 Å². The lowest BCUT2D eigenvalue weighted by Gasteiger charge is -2.06. The summed E-state index contributed by atoms with van der Waals surface area (Å²) in [5.41, 5.74) is 0.320. The number of fused-ring (bicyclic) bond motifs is 1. The van der Waals surface area contributed by atoms with E-state index in [-0.39, 0.29) is 11.7 Å².